The van der Waals surface area contributed by atoms with Crippen molar-refractivity contribution in [1.82, 2.24) is 0 Å². The molecule has 0 saturated carbocycles. The summed E-state index contributed by atoms with van der Waals surface area (Å²) in [4.78, 5) is 0. The Kier molecular flexibility index (Phi) is 5.57. The van der Waals surface area contributed by atoms with Gasteiger partial charge < -0.3 is 0 Å². The van der Waals surface area contributed by atoms with Crippen LogP contribution in [0.5, 0.6) is 0 Å². The van der Waals surface area contributed by atoms with Gasteiger partial charge in [0.25, 0.3) is 0 Å². The first-order valence-electron chi connectivity index (χ1n) is 13.0. The van der Waals surface area contributed by atoms with Crippen molar-refractivity contribution in [2.75, 3.05) is 0 Å². The summed E-state index contributed by atoms with van der Waals surface area (Å²) in [6.07, 6.45) is 0. The van der Waals surface area contributed by atoms with E-state index in [4.69, 9.17) is 0 Å². The molecule has 177 valence electrons. The van der Waals surface area contributed by atoms with Crippen molar-refractivity contribution in [2.45, 2.75) is 0 Å². The van der Waals surface area contributed by atoms with Crippen LogP contribution >= 0.6 is 0 Å². The molecule has 1 radical (unpaired) electrons. The van der Waals surface area contributed by atoms with Gasteiger partial charge in [-0.2, -0.15) is 0 Å². The molecule has 0 saturated heterocycles. The van der Waals surface area contributed by atoms with Crippen molar-refractivity contribution in [3.8, 4) is 44.5 Å². The van der Waals surface area contributed by atoms with Gasteiger partial charge in [0, 0.05) is 0 Å². The Labute approximate surface area is 223 Å². The number of hydrogen-bond donors (Lipinski definition) is 0. The second-order valence-corrected chi connectivity index (χ2v) is 9.64. The van der Waals surface area contributed by atoms with Crippen molar-refractivity contribution >= 4 is 21.5 Å². The summed E-state index contributed by atoms with van der Waals surface area (Å²) < 4.78 is 0. The molecule has 7 aromatic rings. The second-order valence-electron chi connectivity index (χ2n) is 9.64. The smallest absolute Gasteiger partial charge is 0.000718 e. The molecule has 0 atom stereocenters. The van der Waals surface area contributed by atoms with Gasteiger partial charge in [-0.05, 0) is 84.3 Å². The van der Waals surface area contributed by atoms with E-state index in [1.807, 2.05) is 0 Å². The van der Waals surface area contributed by atoms with E-state index >= 15 is 0 Å². The largest absolute Gasteiger partial charge is 0.0622 e. The molecule has 0 aliphatic rings. The minimum absolute atomic E-state index is 1.13. The van der Waals surface area contributed by atoms with Crippen molar-refractivity contribution in [3.63, 3.8) is 0 Å². The first kappa shape index (κ1) is 22.3. The van der Waals surface area contributed by atoms with E-state index in [0.29, 0.717) is 0 Å². The molecule has 38 heavy (non-hydrogen) atoms. The second kappa shape index (κ2) is 9.50. The summed E-state index contributed by atoms with van der Waals surface area (Å²) in [7, 11) is 0. The van der Waals surface area contributed by atoms with Crippen LogP contribution in [0.4, 0.5) is 0 Å². The van der Waals surface area contributed by atoms with Crippen LogP contribution in [0.15, 0.2) is 152 Å². The quantitative estimate of drug-likeness (QED) is 0.219. The minimum atomic E-state index is 1.13. The zero-order valence-corrected chi connectivity index (χ0v) is 20.9. The zero-order chi connectivity index (χ0) is 25.3. The molecule has 0 spiro atoms. The normalized spacial score (nSPS) is 11.2. The van der Waals surface area contributed by atoms with Gasteiger partial charge in [0.15, 0.2) is 0 Å². The Balaban J connectivity index is 1.66. The third-order valence-electron chi connectivity index (χ3n) is 7.32. The summed E-state index contributed by atoms with van der Waals surface area (Å²) in [6, 6.07) is 58.1. The molecule has 0 fully saturated rings. The first-order valence-corrected chi connectivity index (χ1v) is 13.0. The molecule has 0 amide bonds. The molecule has 0 unspecified atom stereocenters. The molecular formula is C38H25. The maximum absolute atomic E-state index is 3.87. The number of hydrogen-bond acceptors (Lipinski definition) is 0. The lowest BCUT2D eigenvalue weighted by atomic mass is 9.83. The minimum Gasteiger partial charge on any atom is -0.0622 e. The Bertz CT molecular complexity index is 1870. The highest BCUT2D eigenvalue weighted by molar-refractivity contribution is 6.14. The highest BCUT2D eigenvalue weighted by Gasteiger charge is 2.19. The van der Waals surface area contributed by atoms with Crippen LogP contribution in [0.3, 0.4) is 0 Å². The van der Waals surface area contributed by atoms with Gasteiger partial charge in [-0.3, -0.25) is 0 Å². The van der Waals surface area contributed by atoms with Gasteiger partial charge in [-0.25, -0.2) is 0 Å². The van der Waals surface area contributed by atoms with E-state index in [-0.39, 0.29) is 0 Å². The van der Waals surface area contributed by atoms with Crippen LogP contribution in [-0.4, -0.2) is 0 Å². The molecule has 7 aromatic carbocycles. The van der Waals surface area contributed by atoms with Gasteiger partial charge in [-0.1, -0.05) is 140 Å². The molecule has 0 bridgehead atoms. The zero-order valence-electron chi connectivity index (χ0n) is 20.9. The maximum Gasteiger partial charge on any atom is -0.000718 e. The molecule has 0 aliphatic heterocycles. The van der Waals surface area contributed by atoms with E-state index in [1.165, 1.54) is 55.1 Å². The van der Waals surface area contributed by atoms with Crippen LogP contribution in [0.2, 0.25) is 0 Å². The lowest BCUT2D eigenvalue weighted by Crippen LogP contribution is -1.94. The number of rotatable bonds is 4. The molecule has 0 heterocycles. The monoisotopic (exact) mass is 481 g/mol. The Morgan fingerprint density at radius 3 is 1.50 bits per heavy atom. The van der Waals surface area contributed by atoms with E-state index in [9.17, 15) is 0 Å². The average molecular weight is 482 g/mol. The van der Waals surface area contributed by atoms with Crippen molar-refractivity contribution in [3.05, 3.63) is 158 Å². The van der Waals surface area contributed by atoms with Gasteiger partial charge in [0.05, 0.1) is 0 Å². The third-order valence-corrected chi connectivity index (χ3v) is 7.32. The van der Waals surface area contributed by atoms with Crippen LogP contribution in [-0.2, 0) is 0 Å². The summed E-state index contributed by atoms with van der Waals surface area (Å²) in [5.41, 5.74) is 9.63. The molecule has 7 rings (SSSR count). The van der Waals surface area contributed by atoms with Crippen molar-refractivity contribution in [1.29, 1.82) is 0 Å². The Morgan fingerprint density at radius 2 is 0.895 bits per heavy atom. The molecular weight excluding hydrogens is 456 g/mol. The highest BCUT2D eigenvalue weighted by atomic mass is 14.2. The lowest BCUT2D eigenvalue weighted by molar-refractivity contribution is 1.58. The average Bonchev–Trinajstić information content (AvgIpc) is 3.00. The Hall–Kier alpha value is -4.94. The van der Waals surface area contributed by atoms with Crippen LogP contribution in [0.25, 0.3) is 66.1 Å². The lowest BCUT2D eigenvalue weighted by Gasteiger charge is -2.20. The summed E-state index contributed by atoms with van der Waals surface area (Å²) >= 11 is 0. The summed E-state index contributed by atoms with van der Waals surface area (Å²) in [5.74, 6) is 0. The van der Waals surface area contributed by atoms with E-state index in [1.54, 1.807) is 0 Å². The number of benzene rings is 7. The van der Waals surface area contributed by atoms with E-state index < -0.39 is 0 Å². The SMILES string of the molecule is [c]1c(-c2ccccc2)c(-c2ccccc2)c(-c2ccccc2)c2cc3c(-c4ccccc4)cccc3cc12. The predicted octanol–water partition coefficient (Wildman–Crippen LogP) is 10.5. The third kappa shape index (κ3) is 3.88. The van der Waals surface area contributed by atoms with Gasteiger partial charge >= 0.3 is 0 Å². The van der Waals surface area contributed by atoms with Crippen molar-refractivity contribution < 1.29 is 0 Å². The summed E-state index contributed by atoms with van der Waals surface area (Å²) in [6.45, 7) is 0. The first-order chi connectivity index (χ1) is 18.9. The molecule has 0 aromatic heterocycles. The van der Waals surface area contributed by atoms with Gasteiger partial charge in [0.1, 0.15) is 0 Å². The van der Waals surface area contributed by atoms with Crippen LogP contribution < -0.4 is 0 Å². The van der Waals surface area contributed by atoms with Crippen molar-refractivity contribution in [2.24, 2.45) is 0 Å². The molecule has 0 aliphatic carbocycles. The van der Waals surface area contributed by atoms with E-state index in [0.717, 1.165) is 10.9 Å². The fourth-order valence-electron chi connectivity index (χ4n) is 5.58. The fourth-order valence-corrected chi connectivity index (χ4v) is 5.58. The van der Waals surface area contributed by atoms with Gasteiger partial charge in [0.2, 0.25) is 0 Å². The molecule has 0 nitrogen and oxygen atoms in total. The highest BCUT2D eigenvalue weighted by Crippen LogP contribution is 2.46. The predicted molar refractivity (Wildman–Crippen MR) is 162 cm³/mol. The fraction of sp³-hybridized carbons (Fsp3) is 0. The summed E-state index contributed by atoms with van der Waals surface area (Å²) in [5, 5.41) is 4.81. The van der Waals surface area contributed by atoms with E-state index in [2.05, 4.69) is 158 Å². The van der Waals surface area contributed by atoms with Crippen LogP contribution in [0, 0.1) is 6.07 Å². The Morgan fingerprint density at radius 1 is 0.368 bits per heavy atom. The maximum atomic E-state index is 3.87. The number of fused-ring (bicyclic) bond motifs is 2. The molecule has 0 N–H and O–H groups in total. The van der Waals surface area contributed by atoms with Gasteiger partial charge in [-0.15, -0.1) is 0 Å². The topological polar surface area (TPSA) is 0 Å². The standard InChI is InChI=1S/C38H25/c1-5-14-27(15-6-1)33-23-13-22-31-24-32-25-35(28-16-7-2-8-17-28)37(29-18-9-3-10-19-29)38(36(32)26-34(31)33)30-20-11-4-12-21-30/h1-24,26H. The molecule has 0 heteroatoms. The van der Waals surface area contributed by atoms with Crippen LogP contribution in [0.1, 0.15) is 0 Å².